The maximum atomic E-state index is 13.8. The van der Waals surface area contributed by atoms with Crippen molar-refractivity contribution < 1.29 is 32.6 Å². The Morgan fingerprint density at radius 1 is 1.10 bits per heavy atom. The molecule has 0 amide bonds. The van der Waals surface area contributed by atoms with Crippen molar-refractivity contribution in [2.75, 3.05) is 6.61 Å². The number of carbonyl (C=O) groups is 1. The van der Waals surface area contributed by atoms with Crippen LogP contribution in [0.4, 0.5) is 17.6 Å². The molecule has 0 saturated heterocycles. The molecule has 21 heavy (non-hydrogen) atoms. The van der Waals surface area contributed by atoms with Gasteiger partial charge >= 0.3 is 5.97 Å². The Labute approximate surface area is 113 Å². The highest BCUT2D eigenvalue weighted by Gasteiger charge is 2.26. The highest BCUT2D eigenvalue weighted by molar-refractivity contribution is 5.91. The Hall–Kier alpha value is -2.42. The van der Waals surface area contributed by atoms with Gasteiger partial charge in [-0.25, -0.2) is 22.4 Å². The third-order valence-electron chi connectivity index (χ3n) is 2.86. The number of rotatable bonds is 3. The predicted molar refractivity (Wildman–Crippen MR) is 62.1 cm³/mol. The molecule has 0 saturated carbocycles. The van der Waals surface area contributed by atoms with Gasteiger partial charge in [-0.2, -0.15) is 0 Å². The summed E-state index contributed by atoms with van der Waals surface area (Å²) >= 11 is 0. The molecule has 9 heteroatoms. The van der Waals surface area contributed by atoms with E-state index in [1.54, 1.807) is 0 Å². The van der Waals surface area contributed by atoms with Gasteiger partial charge in [-0.15, -0.1) is 0 Å². The van der Waals surface area contributed by atoms with Crippen LogP contribution in [-0.4, -0.2) is 27.4 Å². The van der Waals surface area contributed by atoms with Gasteiger partial charge in [0.2, 0.25) is 0 Å². The number of benzene rings is 1. The molecule has 112 valence electrons. The monoisotopic (exact) mass is 305 g/mol. The van der Waals surface area contributed by atoms with E-state index >= 15 is 0 Å². The fourth-order valence-corrected chi connectivity index (χ4v) is 2.00. The smallest absolute Gasteiger partial charge is 0.352 e. The molecule has 0 bridgehead atoms. The number of aliphatic hydroxyl groups is 1. The van der Waals surface area contributed by atoms with Crippen molar-refractivity contribution in [3.63, 3.8) is 0 Å². The summed E-state index contributed by atoms with van der Waals surface area (Å²) in [6, 6.07) is 0.445. The van der Waals surface area contributed by atoms with Crippen molar-refractivity contribution in [1.29, 1.82) is 0 Å². The van der Waals surface area contributed by atoms with Gasteiger partial charge in [0.15, 0.2) is 28.7 Å². The zero-order chi connectivity index (χ0) is 15.9. The molecule has 1 aromatic carbocycles. The minimum absolute atomic E-state index is 0.445. The van der Waals surface area contributed by atoms with Gasteiger partial charge in [0.05, 0.1) is 17.5 Å². The van der Waals surface area contributed by atoms with E-state index in [1.165, 1.54) is 0 Å². The fraction of sp³-hybridized carbons (Fsp3) is 0.167. The lowest BCUT2D eigenvalue weighted by Crippen LogP contribution is -2.22. The summed E-state index contributed by atoms with van der Waals surface area (Å²) in [5.74, 6) is -9.84. The van der Waals surface area contributed by atoms with Crippen molar-refractivity contribution in [2.45, 2.75) is 6.54 Å². The third kappa shape index (κ3) is 2.15. The second-order valence-corrected chi connectivity index (χ2v) is 4.05. The SMILES string of the molecule is O=C(O)c1cc(=O)c2c(F)c(F)c(F)c(F)c2n1CCO. The number of hydrogen-bond acceptors (Lipinski definition) is 3. The quantitative estimate of drug-likeness (QED) is 0.508. The second-order valence-electron chi connectivity index (χ2n) is 4.05. The molecule has 0 radical (unpaired) electrons. The van der Waals surface area contributed by atoms with E-state index in [0.29, 0.717) is 10.6 Å². The first-order chi connectivity index (χ1) is 9.81. The minimum atomic E-state index is -2.17. The van der Waals surface area contributed by atoms with E-state index < -0.39 is 64.4 Å². The van der Waals surface area contributed by atoms with Gasteiger partial charge in [-0.3, -0.25) is 4.79 Å². The molecule has 1 aromatic heterocycles. The summed E-state index contributed by atoms with van der Waals surface area (Å²) < 4.78 is 54.4. The van der Waals surface area contributed by atoms with Gasteiger partial charge in [0, 0.05) is 12.6 Å². The average Bonchev–Trinajstić information content (AvgIpc) is 2.43. The van der Waals surface area contributed by atoms with E-state index in [-0.39, 0.29) is 0 Å². The zero-order valence-corrected chi connectivity index (χ0v) is 10.2. The van der Waals surface area contributed by atoms with Gasteiger partial charge < -0.3 is 14.8 Å². The van der Waals surface area contributed by atoms with Crippen LogP contribution in [0.5, 0.6) is 0 Å². The molecule has 1 heterocycles. The first-order valence-corrected chi connectivity index (χ1v) is 5.54. The van der Waals surface area contributed by atoms with Crippen LogP contribution in [0.1, 0.15) is 10.5 Å². The average molecular weight is 305 g/mol. The molecule has 0 atom stereocenters. The Morgan fingerprint density at radius 2 is 1.67 bits per heavy atom. The lowest BCUT2D eigenvalue weighted by atomic mass is 10.1. The normalized spacial score (nSPS) is 11.1. The summed E-state index contributed by atoms with van der Waals surface area (Å²) in [5.41, 5.74) is -3.15. The number of halogens is 4. The fourth-order valence-electron chi connectivity index (χ4n) is 2.00. The molecule has 0 fully saturated rings. The molecular weight excluding hydrogens is 298 g/mol. The highest BCUT2D eigenvalue weighted by atomic mass is 19.2. The lowest BCUT2D eigenvalue weighted by molar-refractivity contribution is 0.0683. The van der Waals surface area contributed by atoms with Crippen molar-refractivity contribution in [3.05, 3.63) is 45.3 Å². The summed E-state index contributed by atoms with van der Waals surface area (Å²) in [7, 11) is 0. The Balaban J connectivity index is 3.14. The van der Waals surface area contributed by atoms with Crippen LogP contribution in [-0.2, 0) is 6.54 Å². The largest absolute Gasteiger partial charge is 0.477 e. The topological polar surface area (TPSA) is 79.5 Å². The predicted octanol–water partition coefficient (Wildman–Crippen LogP) is 1.25. The molecule has 0 unspecified atom stereocenters. The maximum absolute atomic E-state index is 13.8. The van der Waals surface area contributed by atoms with Crippen molar-refractivity contribution in [1.82, 2.24) is 4.57 Å². The van der Waals surface area contributed by atoms with Crippen LogP contribution in [0.15, 0.2) is 10.9 Å². The number of nitrogens with zero attached hydrogens (tertiary/aromatic N) is 1. The minimum Gasteiger partial charge on any atom is -0.477 e. The number of carboxylic acids is 1. The number of aliphatic hydroxyl groups excluding tert-OH is 1. The van der Waals surface area contributed by atoms with Gasteiger partial charge in [-0.05, 0) is 0 Å². The molecule has 2 rings (SSSR count). The molecule has 0 aliphatic heterocycles. The maximum Gasteiger partial charge on any atom is 0.352 e. The van der Waals surface area contributed by atoms with Gasteiger partial charge in [-0.1, -0.05) is 0 Å². The number of hydrogen-bond donors (Lipinski definition) is 2. The first-order valence-electron chi connectivity index (χ1n) is 5.54. The van der Waals surface area contributed by atoms with Crippen LogP contribution in [0.3, 0.4) is 0 Å². The van der Waals surface area contributed by atoms with Crippen LogP contribution in [0.25, 0.3) is 10.9 Å². The van der Waals surface area contributed by atoms with Crippen molar-refractivity contribution in [3.8, 4) is 0 Å². The number of fused-ring (bicyclic) bond motifs is 1. The van der Waals surface area contributed by atoms with Crippen LogP contribution in [0.2, 0.25) is 0 Å². The van der Waals surface area contributed by atoms with Crippen LogP contribution < -0.4 is 5.43 Å². The number of carboxylic acid groups (broad SMARTS) is 1. The Bertz CT molecular complexity index is 815. The summed E-state index contributed by atoms with van der Waals surface area (Å²) in [6.45, 7) is -1.25. The summed E-state index contributed by atoms with van der Waals surface area (Å²) in [6.07, 6.45) is 0. The standard InChI is InChI=1S/C12H7F4NO4/c13-7-6-5(19)3-4(12(20)21)17(1-2-18)11(6)10(16)9(15)8(7)14/h3,18H,1-2H2,(H,20,21). The first kappa shape index (κ1) is 15.0. The van der Waals surface area contributed by atoms with E-state index in [0.717, 1.165) is 0 Å². The Morgan fingerprint density at radius 3 is 2.19 bits per heavy atom. The Kier molecular flexibility index (Phi) is 3.69. The van der Waals surface area contributed by atoms with E-state index in [9.17, 15) is 27.2 Å². The highest BCUT2D eigenvalue weighted by Crippen LogP contribution is 2.25. The number of aromatic carboxylic acids is 1. The van der Waals surface area contributed by atoms with Crippen molar-refractivity contribution in [2.24, 2.45) is 0 Å². The van der Waals surface area contributed by atoms with Gasteiger partial charge in [0.1, 0.15) is 5.69 Å². The molecule has 2 N–H and O–H groups in total. The summed E-state index contributed by atoms with van der Waals surface area (Å²) in [4.78, 5) is 22.7. The van der Waals surface area contributed by atoms with Crippen LogP contribution in [0, 0.1) is 23.3 Å². The summed E-state index contributed by atoms with van der Waals surface area (Å²) in [5, 5.41) is 16.7. The van der Waals surface area contributed by atoms with Gasteiger partial charge in [0.25, 0.3) is 0 Å². The molecule has 0 aliphatic carbocycles. The van der Waals surface area contributed by atoms with Crippen molar-refractivity contribution >= 4 is 16.9 Å². The molecule has 0 spiro atoms. The van der Waals surface area contributed by atoms with Crippen LogP contribution >= 0.6 is 0 Å². The van der Waals surface area contributed by atoms with E-state index in [2.05, 4.69) is 0 Å². The number of aromatic nitrogens is 1. The third-order valence-corrected chi connectivity index (χ3v) is 2.86. The molecule has 5 nitrogen and oxygen atoms in total. The van der Waals surface area contributed by atoms with E-state index in [1.807, 2.05) is 0 Å². The molecular formula is C12H7F4NO4. The molecule has 2 aromatic rings. The van der Waals surface area contributed by atoms with E-state index in [4.69, 9.17) is 10.2 Å². The lowest BCUT2D eigenvalue weighted by Gasteiger charge is -2.15. The second kappa shape index (κ2) is 5.17. The zero-order valence-electron chi connectivity index (χ0n) is 10.2. The molecule has 0 aliphatic rings. The number of pyridine rings is 1.